The molecule has 8 nitrogen and oxygen atoms in total. The van der Waals surface area contributed by atoms with E-state index in [9.17, 15) is 4.79 Å². The molecule has 168 valence electrons. The number of anilines is 1. The summed E-state index contributed by atoms with van der Waals surface area (Å²) in [7, 11) is 0. The highest BCUT2D eigenvalue weighted by atomic mass is 127. The van der Waals surface area contributed by atoms with E-state index in [1.165, 1.54) is 0 Å². The second kappa shape index (κ2) is 12.9. The molecule has 1 saturated heterocycles. The molecule has 0 aromatic carbocycles. The van der Waals surface area contributed by atoms with Gasteiger partial charge in [0, 0.05) is 57.9 Å². The minimum atomic E-state index is 0. The Morgan fingerprint density at radius 1 is 1.13 bits per heavy atom. The van der Waals surface area contributed by atoms with E-state index in [4.69, 9.17) is 0 Å². The molecule has 0 spiro atoms. The van der Waals surface area contributed by atoms with Crippen molar-refractivity contribution >= 4 is 41.7 Å². The molecule has 2 fully saturated rings. The van der Waals surface area contributed by atoms with Crippen molar-refractivity contribution in [1.29, 1.82) is 0 Å². The quantitative estimate of drug-likeness (QED) is 0.194. The highest BCUT2D eigenvalue weighted by Crippen LogP contribution is 2.28. The molecule has 0 unspecified atom stereocenters. The van der Waals surface area contributed by atoms with E-state index in [1.54, 1.807) is 0 Å². The molecule has 2 aliphatic rings. The summed E-state index contributed by atoms with van der Waals surface area (Å²) in [6.45, 7) is 12.2. The van der Waals surface area contributed by atoms with Crippen LogP contribution < -0.4 is 20.9 Å². The molecule has 1 aliphatic carbocycles. The smallest absolute Gasteiger partial charge is 0.223 e. The van der Waals surface area contributed by atoms with Crippen LogP contribution >= 0.6 is 24.0 Å². The summed E-state index contributed by atoms with van der Waals surface area (Å²) in [5.74, 6) is 2.23. The maximum absolute atomic E-state index is 11.7. The van der Waals surface area contributed by atoms with Crippen LogP contribution in [0.2, 0.25) is 0 Å². The minimum Gasteiger partial charge on any atom is -0.357 e. The second-order valence-corrected chi connectivity index (χ2v) is 7.63. The Labute approximate surface area is 197 Å². The van der Waals surface area contributed by atoms with Crippen molar-refractivity contribution in [3.05, 3.63) is 23.9 Å². The third-order valence-corrected chi connectivity index (χ3v) is 5.38. The number of carbonyl (C=O) groups excluding carboxylic acids is 1. The van der Waals surface area contributed by atoms with Gasteiger partial charge in [-0.25, -0.2) is 9.98 Å². The Balaban J connectivity index is 0.00000320. The number of aromatic nitrogens is 1. The topological polar surface area (TPSA) is 84.9 Å². The first kappa shape index (κ1) is 24.6. The van der Waals surface area contributed by atoms with Gasteiger partial charge in [0.1, 0.15) is 5.82 Å². The number of likely N-dealkylation sites (N-methyl/N-ethyl adjacent to an activating group) is 1. The first-order valence-electron chi connectivity index (χ1n) is 10.9. The molecule has 1 aliphatic heterocycles. The Hall–Kier alpha value is -1.62. The number of aliphatic imine (C=N–C) groups is 1. The summed E-state index contributed by atoms with van der Waals surface area (Å²) < 4.78 is 0. The molecule has 1 saturated carbocycles. The number of carbonyl (C=O) groups is 1. The number of piperazine rings is 1. The van der Waals surface area contributed by atoms with Crippen LogP contribution in [0, 0.1) is 5.92 Å². The van der Waals surface area contributed by atoms with E-state index in [-0.39, 0.29) is 35.8 Å². The maximum atomic E-state index is 11.7. The molecule has 9 heteroatoms. The van der Waals surface area contributed by atoms with Gasteiger partial charge in [-0.1, -0.05) is 6.92 Å². The molecular weight excluding hydrogens is 493 g/mol. The zero-order valence-corrected chi connectivity index (χ0v) is 20.5. The van der Waals surface area contributed by atoms with Gasteiger partial charge >= 0.3 is 0 Å². The Morgan fingerprint density at radius 2 is 1.87 bits per heavy atom. The van der Waals surface area contributed by atoms with Gasteiger partial charge < -0.3 is 25.8 Å². The van der Waals surface area contributed by atoms with Crippen molar-refractivity contribution in [2.24, 2.45) is 10.9 Å². The lowest BCUT2D eigenvalue weighted by atomic mass is 10.2. The lowest BCUT2D eigenvalue weighted by molar-refractivity contribution is -0.122. The second-order valence-electron chi connectivity index (χ2n) is 7.63. The zero-order chi connectivity index (χ0) is 20.5. The van der Waals surface area contributed by atoms with Gasteiger partial charge in [0.2, 0.25) is 5.91 Å². The standard InChI is InChI=1S/C21H35N7O.HI/c1-3-22-21(25-10-9-24-20(29)18-5-6-18)26-16-17-7-8-23-19(15-17)28-13-11-27(4-2)12-14-28;/h7-8,15,18H,3-6,9-14,16H2,1-2H3,(H,24,29)(H2,22,25,26);1H. The predicted molar refractivity (Wildman–Crippen MR) is 133 cm³/mol. The highest BCUT2D eigenvalue weighted by molar-refractivity contribution is 14.0. The molecule has 3 N–H and O–H groups in total. The normalized spacial score (nSPS) is 17.3. The van der Waals surface area contributed by atoms with E-state index in [0.717, 1.165) is 69.5 Å². The van der Waals surface area contributed by atoms with Crippen molar-refractivity contribution in [3.63, 3.8) is 0 Å². The number of amides is 1. The molecule has 0 radical (unpaired) electrons. The minimum absolute atomic E-state index is 0. The van der Waals surface area contributed by atoms with Gasteiger partial charge in [0.25, 0.3) is 0 Å². The van der Waals surface area contributed by atoms with Crippen LogP contribution in [0.15, 0.2) is 23.3 Å². The Kier molecular flexibility index (Phi) is 10.6. The first-order valence-corrected chi connectivity index (χ1v) is 10.9. The first-order chi connectivity index (χ1) is 14.2. The lowest BCUT2D eigenvalue weighted by Gasteiger charge is -2.34. The summed E-state index contributed by atoms with van der Waals surface area (Å²) in [5, 5.41) is 9.51. The number of pyridine rings is 1. The molecule has 30 heavy (non-hydrogen) atoms. The number of guanidine groups is 1. The Bertz CT molecular complexity index is 688. The van der Waals surface area contributed by atoms with E-state index in [2.05, 4.69) is 48.7 Å². The van der Waals surface area contributed by atoms with Crippen molar-refractivity contribution < 1.29 is 4.79 Å². The molecule has 0 bridgehead atoms. The van der Waals surface area contributed by atoms with Crippen LogP contribution in [0.25, 0.3) is 0 Å². The molecular formula is C21H36IN7O. The van der Waals surface area contributed by atoms with Crippen LogP contribution in [-0.4, -0.2) is 74.1 Å². The third kappa shape index (κ3) is 7.90. The van der Waals surface area contributed by atoms with Crippen LogP contribution in [0.3, 0.4) is 0 Å². The number of halogens is 1. The molecule has 3 rings (SSSR count). The lowest BCUT2D eigenvalue weighted by Crippen LogP contribution is -2.46. The van der Waals surface area contributed by atoms with Gasteiger partial charge in [-0.3, -0.25) is 4.79 Å². The van der Waals surface area contributed by atoms with E-state index in [0.29, 0.717) is 19.6 Å². The largest absolute Gasteiger partial charge is 0.357 e. The summed E-state index contributed by atoms with van der Waals surface area (Å²) in [6.07, 6.45) is 3.94. The van der Waals surface area contributed by atoms with Gasteiger partial charge in [-0.15, -0.1) is 24.0 Å². The number of rotatable bonds is 9. The summed E-state index contributed by atoms with van der Waals surface area (Å²) >= 11 is 0. The van der Waals surface area contributed by atoms with Crippen molar-refractivity contribution in [3.8, 4) is 0 Å². The molecule has 1 aromatic rings. The summed E-state index contributed by atoms with van der Waals surface area (Å²) in [4.78, 5) is 25.8. The number of hydrogen-bond donors (Lipinski definition) is 3. The van der Waals surface area contributed by atoms with Crippen LogP contribution in [-0.2, 0) is 11.3 Å². The van der Waals surface area contributed by atoms with Crippen LogP contribution in [0.1, 0.15) is 32.3 Å². The molecule has 0 atom stereocenters. The molecule has 1 amide bonds. The van der Waals surface area contributed by atoms with Crippen LogP contribution in [0.5, 0.6) is 0 Å². The fraction of sp³-hybridized carbons (Fsp3) is 0.667. The fourth-order valence-electron chi connectivity index (χ4n) is 3.39. The van der Waals surface area contributed by atoms with Crippen LogP contribution in [0.4, 0.5) is 5.82 Å². The fourth-order valence-corrected chi connectivity index (χ4v) is 3.39. The van der Waals surface area contributed by atoms with Crippen molar-refractivity contribution in [1.82, 2.24) is 25.8 Å². The summed E-state index contributed by atoms with van der Waals surface area (Å²) in [6, 6.07) is 4.17. The Morgan fingerprint density at radius 3 is 2.53 bits per heavy atom. The highest BCUT2D eigenvalue weighted by Gasteiger charge is 2.28. The number of nitrogens with zero attached hydrogens (tertiary/aromatic N) is 4. The summed E-state index contributed by atoms with van der Waals surface area (Å²) in [5.41, 5.74) is 1.15. The van der Waals surface area contributed by atoms with E-state index in [1.807, 2.05) is 19.2 Å². The van der Waals surface area contributed by atoms with Crippen molar-refractivity contribution in [2.45, 2.75) is 33.2 Å². The number of nitrogens with one attached hydrogen (secondary N) is 3. The number of hydrogen-bond acceptors (Lipinski definition) is 5. The maximum Gasteiger partial charge on any atom is 0.223 e. The average Bonchev–Trinajstić information content (AvgIpc) is 3.60. The van der Waals surface area contributed by atoms with E-state index >= 15 is 0 Å². The predicted octanol–water partition coefficient (Wildman–Crippen LogP) is 1.42. The van der Waals surface area contributed by atoms with Gasteiger partial charge in [0.15, 0.2) is 5.96 Å². The van der Waals surface area contributed by atoms with Crippen molar-refractivity contribution in [2.75, 3.05) is 57.3 Å². The molecule has 2 heterocycles. The molecule has 1 aromatic heterocycles. The van der Waals surface area contributed by atoms with Gasteiger partial charge in [-0.2, -0.15) is 0 Å². The third-order valence-electron chi connectivity index (χ3n) is 5.38. The zero-order valence-electron chi connectivity index (χ0n) is 18.2. The van der Waals surface area contributed by atoms with E-state index < -0.39 is 0 Å². The average molecular weight is 529 g/mol. The SMILES string of the molecule is CCNC(=NCc1ccnc(N2CCN(CC)CC2)c1)NCCNC(=O)C1CC1.I. The van der Waals surface area contributed by atoms with Gasteiger partial charge in [-0.05, 0) is 44.0 Å². The van der Waals surface area contributed by atoms with Gasteiger partial charge in [0.05, 0.1) is 6.54 Å². The monoisotopic (exact) mass is 529 g/mol.